The predicted molar refractivity (Wildman–Crippen MR) is 106 cm³/mol. The van der Waals surface area contributed by atoms with E-state index >= 15 is 0 Å². The number of rotatable bonds is 6. The second-order valence-electron chi connectivity index (χ2n) is 6.54. The molecule has 142 valence electrons. The first-order chi connectivity index (χ1) is 13.7. The zero-order valence-corrected chi connectivity index (χ0v) is 15.4. The van der Waals surface area contributed by atoms with E-state index in [1.807, 2.05) is 48.5 Å². The van der Waals surface area contributed by atoms with Crippen molar-refractivity contribution in [2.45, 2.75) is 19.1 Å². The molecule has 0 aliphatic carbocycles. The number of benzene rings is 2. The monoisotopic (exact) mass is 376 g/mol. The molecule has 28 heavy (non-hydrogen) atoms. The first-order valence-corrected chi connectivity index (χ1v) is 8.99. The molecule has 4 rings (SSSR count). The van der Waals surface area contributed by atoms with Crippen molar-refractivity contribution in [3.8, 4) is 11.1 Å². The van der Waals surface area contributed by atoms with Crippen LogP contribution in [-0.4, -0.2) is 28.7 Å². The van der Waals surface area contributed by atoms with Crippen molar-refractivity contribution in [1.82, 2.24) is 9.78 Å². The number of amides is 2. The van der Waals surface area contributed by atoms with E-state index in [4.69, 9.17) is 4.74 Å². The molecule has 1 aromatic heterocycles. The lowest BCUT2D eigenvalue weighted by Gasteiger charge is -2.10. The third-order valence-electron chi connectivity index (χ3n) is 4.60. The second kappa shape index (κ2) is 7.66. The fourth-order valence-electron chi connectivity index (χ4n) is 3.37. The first-order valence-electron chi connectivity index (χ1n) is 8.99. The van der Waals surface area contributed by atoms with Crippen molar-refractivity contribution >= 4 is 23.3 Å². The van der Waals surface area contributed by atoms with Gasteiger partial charge in [-0.25, -0.2) is 4.68 Å². The Kier molecular flexibility index (Phi) is 4.90. The Bertz CT molecular complexity index is 999. The zero-order valence-electron chi connectivity index (χ0n) is 15.4. The van der Waals surface area contributed by atoms with Gasteiger partial charge in [0.2, 0.25) is 5.91 Å². The Hall–Kier alpha value is -3.45. The summed E-state index contributed by atoms with van der Waals surface area (Å²) in [6.45, 7) is 0.309. The third-order valence-corrected chi connectivity index (χ3v) is 4.60. The lowest BCUT2D eigenvalue weighted by Crippen LogP contribution is -2.24. The average Bonchev–Trinajstić information content (AvgIpc) is 3.19. The molecule has 2 N–H and O–H groups in total. The van der Waals surface area contributed by atoms with Crippen LogP contribution in [0.2, 0.25) is 0 Å². The average molecular weight is 376 g/mol. The Morgan fingerprint density at radius 1 is 1.14 bits per heavy atom. The SMILES string of the molecule is COCc1nn2c(c1-c1ccccc1)NC(=O)[C@H]2CC(=O)Nc1ccccc1. The molecule has 7 heteroatoms. The van der Waals surface area contributed by atoms with Gasteiger partial charge in [-0.2, -0.15) is 5.10 Å². The highest BCUT2D eigenvalue weighted by molar-refractivity contribution is 6.04. The second-order valence-corrected chi connectivity index (χ2v) is 6.54. The molecule has 2 amide bonds. The molecule has 1 aliphatic heterocycles. The van der Waals surface area contributed by atoms with E-state index in [0.29, 0.717) is 18.1 Å². The minimum absolute atomic E-state index is 0.00391. The smallest absolute Gasteiger partial charge is 0.251 e. The molecule has 1 aliphatic rings. The zero-order chi connectivity index (χ0) is 19.5. The van der Waals surface area contributed by atoms with Crippen molar-refractivity contribution in [2.75, 3.05) is 17.7 Å². The molecule has 0 saturated carbocycles. The van der Waals surface area contributed by atoms with Gasteiger partial charge in [-0.15, -0.1) is 0 Å². The molecule has 7 nitrogen and oxygen atoms in total. The van der Waals surface area contributed by atoms with Gasteiger partial charge in [0.25, 0.3) is 5.91 Å². The molecule has 2 heterocycles. The van der Waals surface area contributed by atoms with Gasteiger partial charge in [0.1, 0.15) is 11.9 Å². The van der Waals surface area contributed by atoms with Crippen LogP contribution in [0.25, 0.3) is 11.1 Å². The van der Waals surface area contributed by atoms with Crippen LogP contribution >= 0.6 is 0 Å². The molecule has 1 atom stereocenters. The van der Waals surface area contributed by atoms with Crippen LogP contribution in [0.5, 0.6) is 0 Å². The van der Waals surface area contributed by atoms with Gasteiger partial charge in [-0.05, 0) is 17.7 Å². The van der Waals surface area contributed by atoms with Gasteiger partial charge in [-0.3, -0.25) is 9.59 Å². The molecule has 0 spiro atoms. The number of methoxy groups -OCH3 is 1. The van der Waals surface area contributed by atoms with E-state index in [2.05, 4.69) is 15.7 Å². The summed E-state index contributed by atoms with van der Waals surface area (Å²) >= 11 is 0. The van der Waals surface area contributed by atoms with Gasteiger partial charge in [0.15, 0.2) is 0 Å². The predicted octanol–water partition coefficient (Wildman–Crippen LogP) is 3.22. The maximum atomic E-state index is 12.5. The molecule has 3 aromatic rings. The number of carbonyl (C=O) groups is 2. The summed E-state index contributed by atoms with van der Waals surface area (Å²) in [5.74, 6) is 0.108. The number of carbonyl (C=O) groups excluding carboxylic acids is 2. The van der Waals surface area contributed by atoms with E-state index in [-0.39, 0.29) is 18.2 Å². The van der Waals surface area contributed by atoms with E-state index in [1.165, 1.54) is 0 Å². The summed E-state index contributed by atoms with van der Waals surface area (Å²) in [5.41, 5.74) is 3.17. The number of fused-ring (bicyclic) bond motifs is 1. The Labute approximate surface area is 162 Å². The van der Waals surface area contributed by atoms with Gasteiger partial charge in [0.05, 0.1) is 18.7 Å². The Balaban J connectivity index is 1.63. The summed E-state index contributed by atoms with van der Waals surface area (Å²) in [6.07, 6.45) is -0.00391. The van der Waals surface area contributed by atoms with Gasteiger partial charge >= 0.3 is 0 Å². The lowest BCUT2D eigenvalue weighted by atomic mass is 10.1. The van der Waals surface area contributed by atoms with Crippen molar-refractivity contribution in [2.24, 2.45) is 0 Å². The summed E-state index contributed by atoms with van der Waals surface area (Å²) in [6, 6.07) is 18.2. The van der Waals surface area contributed by atoms with Crippen molar-refractivity contribution in [1.29, 1.82) is 0 Å². The van der Waals surface area contributed by atoms with Crippen molar-refractivity contribution in [3.05, 3.63) is 66.4 Å². The number of nitrogens with zero attached hydrogens (tertiary/aromatic N) is 2. The molecule has 0 saturated heterocycles. The molecule has 0 fully saturated rings. The van der Waals surface area contributed by atoms with E-state index in [0.717, 1.165) is 16.8 Å². The standard InChI is InChI=1S/C21H20N4O3/c1-28-13-16-19(14-8-4-2-5-9-14)20-23-21(27)17(25(20)24-16)12-18(26)22-15-10-6-3-7-11-15/h2-11,17H,12-13H2,1H3,(H,22,26)(H,23,27)/t17-/m1/s1. The number of aromatic nitrogens is 2. The van der Waals surface area contributed by atoms with Gasteiger partial charge < -0.3 is 15.4 Å². The van der Waals surface area contributed by atoms with Crippen LogP contribution in [0, 0.1) is 0 Å². The largest absolute Gasteiger partial charge is 0.378 e. The maximum absolute atomic E-state index is 12.5. The Morgan fingerprint density at radius 2 is 1.82 bits per heavy atom. The number of hydrogen-bond acceptors (Lipinski definition) is 4. The minimum atomic E-state index is -0.702. The van der Waals surface area contributed by atoms with E-state index < -0.39 is 6.04 Å². The molecule has 2 aromatic carbocycles. The van der Waals surface area contributed by atoms with Crippen LogP contribution in [-0.2, 0) is 20.9 Å². The Morgan fingerprint density at radius 3 is 2.50 bits per heavy atom. The van der Waals surface area contributed by atoms with Crippen LogP contribution in [0.4, 0.5) is 11.5 Å². The van der Waals surface area contributed by atoms with Crippen LogP contribution in [0.1, 0.15) is 18.2 Å². The van der Waals surface area contributed by atoms with Crippen LogP contribution in [0.15, 0.2) is 60.7 Å². The maximum Gasteiger partial charge on any atom is 0.251 e. The summed E-state index contributed by atoms with van der Waals surface area (Å²) in [7, 11) is 1.60. The summed E-state index contributed by atoms with van der Waals surface area (Å²) < 4.78 is 6.88. The van der Waals surface area contributed by atoms with E-state index in [1.54, 1.807) is 23.9 Å². The topological polar surface area (TPSA) is 85.2 Å². The number of ether oxygens (including phenoxy) is 1. The molecule has 0 radical (unpaired) electrons. The molecule has 0 bridgehead atoms. The highest BCUT2D eigenvalue weighted by atomic mass is 16.5. The fourth-order valence-corrected chi connectivity index (χ4v) is 3.37. The highest BCUT2D eigenvalue weighted by Crippen LogP contribution is 2.38. The van der Waals surface area contributed by atoms with Gasteiger partial charge in [0, 0.05) is 18.4 Å². The van der Waals surface area contributed by atoms with Crippen LogP contribution in [0.3, 0.4) is 0 Å². The number of para-hydroxylation sites is 1. The summed E-state index contributed by atoms with van der Waals surface area (Å²) in [4.78, 5) is 25.0. The molecular formula is C21H20N4O3. The number of nitrogens with one attached hydrogen (secondary N) is 2. The number of hydrogen-bond donors (Lipinski definition) is 2. The fraction of sp³-hybridized carbons (Fsp3) is 0.190. The normalized spacial score (nSPS) is 15.2. The highest BCUT2D eigenvalue weighted by Gasteiger charge is 2.37. The molecular weight excluding hydrogens is 356 g/mol. The van der Waals surface area contributed by atoms with Gasteiger partial charge in [-0.1, -0.05) is 48.5 Å². The number of anilines is 2. The summed E-state index contributed by atoms with van der Waals surface area (Å²) in [5, 5.41) is 10.3. The first kappa shape index (κ1) is 17.9. The van der Waals surface area contributed by atoms with Crippen molar-refractivity contribution < 1.29 is 14.3 Å². The lowest BCUT2D eigenvalue weighted by molar-refractivity contribution is -0.123. The van der Waals surface area contributed by atoms with E-state index in [9.17, 15) is 9.59 Å². The quantitative estimate of drug-likeness (QED) is 0.692. The molecule has 0 unspecified atom stereocenters. The minimum Gasteiger partial charge on any atom is -0.378 e. The third kappa shape index (κ3) is 3.39. The van der Waals surface area contributed by atoms with Crippen molar-refractivity contribution in [3.63, 3.8) is 0 Å². The van der Waals surface area contributed by atoms with Crippen LogP contribution < -0.4 is 10.6 Å².